The number of methoxy groups -OCH3 is 1. The number of benzene rings is 2. The Kier molecular flexibility index (Phi) is 4.39. The van der Waals surface area contributed by atoms with E-state index in [1.807, 2.05) is 30.5 Å². The summed E-state index contributed by atoms with van der Waals surface area (Å²) in [6.07, 6.45) is 5.16. The topological polar surface area (TPSA) is 56.1 Å². The molecule has 0 unspecified atom stereocenters. The van der Waals surface area contributed by atoms with Crippen LogP contribution in [0.15, 0.2) is 60.9 Å². The standard InChI is InChI=1S/C21H20FN3O2/c1-27-19-5-3-2-4-18(19)25-14-15(13-24-25)12-23-20(26)21(10-11-21)16-6-8-17(22)9-7-16/h2-9,13-14H,10-12H2,1H3,(H,23,26). The van der Waals surface area contributed by atoms with Crippen LogP contribution in [0.5, 0.6) is 5.75 Å². The van der Waals surface area contributed by atoms with Crippen LogP contribution in [0.25, 0.3) is 5.69 Å². The fraction of sp³-hybridized carbons (Fsp3) is 0.238. The summed E-state index contributed by atoms with van der Waals surface area (Å²) in [6.45, 7) is 0.386. The minimum atomic E-state index is -0.521. The summed E-state index contributed by atoms with van der Waals surface area (Å²) in [7, 11) is 1.62. The molecule has 27 heavy (non-hydrogen) atoms. The predicted octanol–water partition coefficient (Wildman–Crippen LogP) is 3.37. The smallest absolute Gasteiger partial charge is 0.230 e. The highest BCUT2D eigenvalue weighted by Gasteiger charge is 2.51. The van der Waals surface area contributed by atoms with E-state index in [9.17, 15) is 9.18 Å². The number of aromatic nitrogens is 2. The van der Waals surface area contributed by atoms with Gasteiger partial charge in [-0.05, 0) is 42.7 Å². The van der Waals surface area contributed by atoms with E-state index in [0.29, 0.717) is 6.54 Å². The number of ether oxygens (including phenoxy) is 1. The van der Waals surface area contributed by atoms with Crippen LogP contribution in [-0.4, -0.2) is 22.8 Å². The van der Waals surface area contributed by atoms with Crippen molar-refractivity contribution in [3.8, 4) is 11.4 Å². The van der Waals surface area contributed by atoms with E-state index in [0.717, 1.165) is 35.4 Å². The Morgan fingerprint density at radius 2 is 1.96 bits per heavy atom. The molecule has 0 radical (unpaired) electrons. The van der Waals surface area contributed by atoms with Gasteiger partial charge in [-0.15, -0.1) is 0 Å². The van der Waals surface area contributed by atoms with Crippen LogP contribution in [-0.2, 0) is 16.8 Å². The van der Waals surface area contributed by atoms with Gasteiger partial charge in [0.2, 0.25) is 5.91 Å². The lowest BCUT2D eigenvalue weighted by molar-refractivity contribution is -0.123. The molecule has 1 fully saturated rings. The highest BCUT2D eigenvalue weighted by molar-refractivity contribution is 5.91. The van der Waals surface area contributed by atoms with Gasteiger partial charge in [0.1, 0.15) is 17.3 Å². The summed E-state index contributed by atoms with van der Waals surface area (Å²) < 4.78 is 20.2. The van der Waals surface area contributed by atoms with Crippen LogP contribution in [0, 0.1) is 5.82 Å². The van der Waals surface area contributed by atoms with Gasteiger partial charge in [-0.2, -0.15) is 5.10 Å². The molecule has 0 bridgehead atoms. The van der Waals surface area contributed by atoms with Gasteiger partial charge in [-0.25, -0.2) is 9.07 Å². The number of hydrogen-bond acceptors (Lipinski definition) is 3. The van der Waals surface area contributed by atoms with E-state index >= 15 is 0 Å². The molecular formula is C21H20FN3O2. The highest BCUT2D eigenvalue weighted by Crippen LogP contribution is 2.48. The minimum Gasteiger partial charge on any atom is -0.494 e. The fourth-order valence-electron chi connectivity index (χ4n) is 3.29. The molecule has 3 aromatic rings. The summed E-state index contributed by atoms with van der Waals surface area (Å²) in [6, 6.07) is 13.8. The van der Waals surface area contributed by atoms with Crippen molar-refractivity contribution in [1.29, 1.82) is 0 Å². The number of nitrogens with one attached hydrogen (secondary N) is 1. The van der Waals surface area contributed by atoms with Gasteiger partial charge in [-0.1, -0.05) is 24.3 Å². The van der Waals surface area contributed by atoms with E-state index < -0.39 is 5.41 Å². The first kappa shape index (κ1) is 17.3. The third kappa shape index (κ3) is 3.30. The molecule has 0 saturated heterocycles. The van der Waals surface area contributed by atoms with Crippen molar-refractivity contribution in [1.82, 2.24) is 15.1 Å². The van der Waals surface area contributed by atoms with Gasteiger partial charge < -0.3 is 10.1 Å². The Morgan fingerprint density at radius 1 is 1.22 bits per heavy atom. The van der Waals surface area contributed by atoms with Crippen LogP contribution in [0.1, 0.15) is 24.0 Å². The lowest BCUT2D eigenvalue weighted by Gasteiger charge is -2.15. The first-order valence-electron chi connectivity index (χ1n) is 8.84. The van der Waals surface area contributed by atoms with Crippen LogP contribution in [0.3, 0.4) is 0 Å². The second kappa shape index (κ2) is 6.87. The molecule has 1 saturated carbocycles. The van der Waals surface area contributed by atoms with E-state index in [2.05, 4.69) is 10.4 Å². The maximum absolute atomic E-state index is 13.1. The number of carbonyl (C=O) groups is 1. The molecule has 1 aliphatic rings. The maximum atomic E-state index is 13.1. The fourth-order valence-corrected chi connectivity index (χ4v) is 3.29. The van der Waals surface area contributed by atoms with Gasteiger partial charge in [-0.3, -0.25) is 4.79 Å². The average Bonchev–Trinajstić information content (AvgIpc) is 3.38. The molecule has 138 valence electrons. The van der Waals surface area contributed by atoms with Crippen LogP contribution < -0.4 is 10.1 Å². The number of carbonyl (C=O) groups excluding carboxylic acids is 1. The Balaban J connectivity index is 1.44. The molecule has 5 nitrogen and oxygen atoms in total. The zero-order valence-corrected chi connectivity index (χ0v) is 15.0. The summed E-state index contributed by atoms with van der Waals surface area (Å²) in [4.78, 5) is 12.7. The van der Waals surface area contributed by atoms with E-state index in [1.165, 1.54) is 12.1 Å². The van der Waals surface area contributed by atoms with E-state index in [4.69, 9.17) is 4.74 Å². The first-order chi connectivity index (χ1) is 13.1. The molecule has 1 heterocycles. The molecule has 0 atom stereocenters. The molecule has 1 amide bonds. The normalized spacial score (nSPS) is 14.6. The third-order valence-corrected chi connectivity index (χ3v) is 5.00. The first-order valence-corrected chi connectivity index (χ1v) is 8.84. The summed E-state index contributed by atoms with van der Waals surface area (Å²) in [5, 5.41) is 7.35. The molecule has 0 aliphatic heterocycles. The third-order valence-electron chi connectivity index (χ3n) is 5.00. The van der Waals surface area contributed by atoms with Crippen molar-refractivity contribution >= 4 is 5.91 Å². The number of halogens is 1. The van der Waals surface area contributed by atoms with Gasteiger partial charge in [0.15, 0.2) is 0 Å². The Hall–Kier alpha value is -3.15. The lowest BCUT2D eigenvalue weighted by Crippen LogP contribution is -2.34. The molecule has 6 heteroatoms. The van der Waals surface area contributed by atoms with Crippen molar-refractivity contribution in [3.05, 3.63) is 77.9 Å². The van der Waals surface area contributed by atoms with Gasteiger partial charge >= 0.3 is 0 Å². The molecule has 1 N–H and O–H groups in total. The number of rotatable bonds is 6. The quantitative estimate of drug-likeness (QED) is 0.729. The molecule has 1 aliphatic carbocycles. The Labute approximate surface area is 156 Å². The largest absolute Gasteiger partial charge is 0.494 e. The SMILES string of the molecule is COc1ccccc1-n1cc(CNC(=O)C2(c3ccc(F)cc3)CC2)cn1. The molecule has 2 aromatic carbocycles. The zero-order chi connectivity index (χ0) is 18.9. The Bertz CT molecular complexity index is 962. The number of amides is 1. The van der Waals surface area contributed by atoms with E-state index in [1.54, 1.807) is 30.1 Å². The lowest BCUT2D eigenvalue weighted by atomic mass is 9.95. The second-order valence-electron chi connectivity index (χ2n) is 6.74. The molecule has 0 spiro atoms. The van der Waals surface area contributed by atoms with Gasteiger partial charge in [0, 0.05) is 18.3 Å². The summed E-state index contributed by atoms with van der Waals surface area (Å²) in [5.41, 5.74) is 2.07. The van der Waals surface area contributed by atoms with Gasteiger partial charge in [0.25, 0.3) is 0 Å². The minimum absolute atomic E-state index is 0.0286. The van der Waals surface area contributed by atoms with Crippen LogP contribution >= 0.6 is 0 Å². The van der Waals surface area contributed by atoms with Crippen LogP contribution in [0.2, 0.25) is 0 Å². The number of hydrogen-bond donors (Lipinski definition) is 1. The van der Waals surface area contributed by atoms with E-state index in [-0.39, 0.29) is 11.7 Å². The maximum Gasteiger partial charge on any atom is 0.230 e. The second-order valence-corrected chi connectivity index (χ2v) is 6.74. The molecular weight excluding hydrogens is 345 g/mol. The average molecular weight is 365 g/mol. The van der Waals surface area contributed by atoms with Gasteiger partial charge in [0.05, 0.1) is 18.7 Å². The zero-order valence-electron chi connectivity index (χ0n) is 15.0. The summed E-state index contributed by atoms with van der Waals surface area (Å²) >= 11 is 0. The number of para-hydroxylation sites is 2. The predicted molar refractivity (Wildman–Crippen MR) is 99.3 cm³/mol. The molecule has 1 aromatic heterocycles. The monoisotopic (exact) mass is 365 g/mol. The van der Waals surface area contributed by atoms with Crippen molar-refractivity contribution in [2.75, 3.05) is 7.11 Å². The van der Waals surface area contributed by atoms with Crippen molar-refractivity contribution in [2.45, 2.75) is 24.8 Å². The number of nitrogens with zero attached hydrogens (tertiary/aromatic N) is 2. The highest BCUT2D eigenvalue weighted by atomic mass is 19.1. The summed E-state index contributed by atoms with van der Waals surface area (Å²) in [5.74, 6) is 0.405. The van der Waals surface area contributed by atoms with Crippen LogP contribution in [0.4, 0.5) is 4.39 Å². The molecule has 4 rings (SSSR count). The Morgan fingerprint density at radius 3 is 2.67 bits per heavy atom. The van der Waals surface area contributed by atoms with Crippen molar-refractivity contribution in [2.24, 2.45) is 0 Å². The van der Waals surface area contributed by atoms with Crippen molar-refractivity contribution < 1.29 is 13.9 Å². The van der Waals surface area contributed by atoms with Crippen molar-refractivity contribution in [3.63, 3.8) is 0 Å².